The van der Waals surface area contributed by atoms with Gasteiger partial charge in [0.25, 0.3) is 0 Å². The molecule has 92 valence electrons. The first kappa shape index (κ1) is 11.5. The molecule has 3 rings (SSSR count). The number of aldehydes is 1. The zero-order valence-corrected chi connectivity index (χ0v) is 11.3. The third-order valence-electron chi connectivity index (χ3n) is 3.22. The van der Waals surface area contributed by atoms with Gasteiger partial charge in [-0.15, -0.1) is 0 Å². The molecule has 0 saturated heterocycles. The monoisotopic (exact) mass is 305 g/mol. The molecule has 0 aliphatic carbocycles. The van der Waals surface area contributed by atoms with Crippen LogP contribution in [0.3, 0.4) is 0 Å². The van der Waals surface area contributed by atoms with Gasteiger partial charge in [0.2, 0.25) is 0 Å². The van der Waals surface area contributed by atoms with E-state index in [-0.39, 0.29) is 0 Å². The van der Waals surface area contributed by atoms with Crippen LogP contribution in [0.15, 0.2) is 35.1 Å². The predicted octanol–water partition coefficient (Wildman–Crippen LogP) is 2.48. The number of nitrogens with zero attached hydrogens (tertiary/aromatic N) is 3. The van der Waals surface area contributed by atoms with E-state index in [0.717, 1.165) is 41.9 Å². The summed E-state index contributed by atoms with van der Waals surface area (Å²) >= 11 is 3.42. The number of carbonyl (C=O) groups excluding carboxylic acids is 1. The lowest BCUT2D eigenvalue weighted by molar-refractivity contribution is 0.112. The van der Waals surface area contributed by atoms with Gasteiger partial charge in [0, 0.05) is 41.2 Å². The number of anilines is 1. The SMILES string of the molecule is O=Cc1ccc(N2CCn3ccnc3C2)cc1Br. The maximum absolute atomic E-state index is 10.8. The summed E-state index contributed by atoms with van der Waals surface area (Å²) in [7, 11) is 0. The van der Waals surface area contributed by atoms with Gasteiger partial charge < -0.3 is 9.47 Å². The number of imidazole rings is 1. The minimum absolute atomic E-state index is 0.678. The highest BCUT2D eigenvalue weighted by molar-refractivity contribution is 9.10. The summed E-state index contributed by atoms with van der Waals surface area (Å²) in [6.07, 6.45) is 4.71. The summed E-state index contributed by atoms with van der Waals surface area (Å²) in [5.41, 5.74) is 1.79. The Hall–Kier alpha value is -1.62. The van der Waals surface area contributed by atoms with Crippen molar-refractivity contribution >= 4 is 27.9 Å². The lowest BCUT2D eigenvalue weighted by Crippen LogP contribution is -2.33. The maximum Gasteiger partial charge on any atom is 0.151 e. The average Bonchev–Trinajstić information content (AvgIpc) is 2.85. The third kappa shape index (κ3) is 1.95. The first-order valence-corrected chi connectivity index (χ1v) is 6.57. The Bertz CT molecular complexity index is 594. The fourth-order valence-corrected chi connectivity index (χ4v) is 2.66. The molecule has 0 radical (unpaired) electrons. The number of aromatic nitrogens is 2. The summed E-state index contributed by atoms with van der Waals surface area (Å²) in [5, 5.41) is 0. The maximum atomic E-state index is 10.8. The minimum Gasteiger partial charge on any atom is -0.362 e. The smallest absolute Gasteiger partial charge is 0.151 e. The third-order valence-corrected chi connectivity index (χ3v) is 3.91. The molecule has 5 heteroatoms. The van der Waals surface area contributed by atoms with Gasteiger partial charge in [-0.2, -0.15) is 0 Å². The van der Waals surface area contributed by atoms with E-state index in [1.807, 2.05) is 30.6 Å². The first-order valence-electron chi connectivity index (χ1n) is 5.77. The van der Waals surface area contributed by atoms with Crippen LogP contribution >= 0.6 is 15.9 Å². The molecule has 0 amide bonds. The molecular formula is C13H12BrN3O. The standard InChI is InChI=1S/C13H12BrN3O/c14-12-7-11(2-1-10(12)9-18)17-6-5-16-4-3-15-13(16)8-17/h1-4,7,9H,5-6,8H2. The van der Waals surface area contributed by atoms with Crippen LogP contribution in [0.5, 0.6) is 0 Å². The van der Waals surface area contributed by atoms with Crippen molar-refractivity contribution in [1.82, 2.24) is 9.55 Å². The second-order valence-corrected chi connectivity index (χ2v) is 5.14. The number of hydrogen-bond donors (Lipinski definition) is 0. The molecule has 0 fully saturated rings. The van der Waals surface area contributed by atoms with Crippen molar-refractivity contribution in [3.05, 3.63) is 46.5 Å². The molecule has 1 aromatic carbocycles. The predicted molar refractivity (Wildman–Crippen MR) is 72.8 cm³/mol. The van der Waals surface area contributed by atoms with Gasteiger partial charge in [0.15, 0.2) is 6.29 Å². The molecule has 1 aliphatic heterocycles. The van der Waals surface area contributed by atoms with Gasteiger partial charge in [-0.3, -0.25) is 4.79 Å². The molecule has 0 saturated carbocycles. The Balaban J connectivity index is 1.88. The van der Waals surface area contributed by atoms with Gasteiger partial charge in [-0.25, -0.2) is 4.98 Å². The van der Waals surface area contributed by atoms with Crippen molar-refractivity contribution in [2.24, 2.45) is 0 Å². The van der Waals surface area contributed by atoms with Gasteiger partial charge >= 0.3 is 0 Å². The number of fused-ring (bicyclic) bond motifs is 1. The Morgan fingerprint density at radius 1 is 1.33 bits per heavy atom. The average molecular weight is 306 g/mol. The number of carbonyl (C=O) groups is 1. The van der Waals surface area contributed by atoms with Crippen LogP contribution < -0.4 is 4.90 Å². The summed E-state index contributed by atoms with van der Waals surface area (Å²) in [5.74, 6) is 1.08. The number of benzene rings is 1. The van der Waals surface area contributed by atoms with E-state index in [2.05, 4.69) is 30.4 Å². The van der Waals surface area contributed by atoms with Crippen molar-refractivity contribution in [3.8, 4) is 0 Å². The van der Waals surface area contributed by atoms with Crippen molar-refractivity contribution < 1.29 is 4.79 Å². The van der Waals surface area contributed by atoms with Crippen molar-refractivity contribution in [1.29, 1.82) is 0 Å². The highest BCUT2D eigenvalue weighted by Crippen LogP contribution is 2.25. The number of halogens is 1. The molecule has 0 spiro atoms. The Morgan fingerprint density at radius 3 is 3.00 bits per heavy atom. The molecule has 2 heterocycles. The van der Waals surface area contributed by atoms with E-state index in [1.54, 1.807) is 0 Å². The molecule has 4 nitrogen and oxygen atoms in total. The molecule has 1 aliphatic rings. The normalized spacial score (nSPS) is 14.4. The van der Waals surface area contributed by atoms with Gasteiger partial charge in [0.05, 0.1) is 6.54 Å². The molecule has 0 bridgehead atoms. The van der Waals surface area contributed by atoms with Crippen LogP contribution in [0, 0.1) is 0 Å². The van der Waals surface area contributed by atoms with Crippen molar-refractivity contribution in [2.75, 3.05) is 11.4 Å². The number of hydrogen-bond acceptors (Lipinski definition) is 3. The quantitative estimate of drug-likeness (QED) is 0.800. The van der Waals surface area contributed by atoms with E-state index in [4.69, 9.17) is 0 Å². The zero-order valence-electron chi connectivity index (χ0n) is 9.71. The summed E-state index contributed by atoms with van der Waals surface area (Å²) in [4.78, 5) is 17.4. The second kappa shape index (κ2) is 4.57. The molecular weight excluding hydrogens is 294 g/mol. The first-order chi connectivity index (χ1) is 8.78. The summed E-state index contributed by atoms with van der Waals surface area (Å²) in [6.45, 7) is 2.71. The van der Waals surface area contributed by atoms with Crippen LogP contribution in [0.2, 0.25) is 0 Å². The molecule has 2 aromatic rings. The van der Waals surface area contributed by atoms with Crippen LogP contribution in [-0.2, 0) is 13.1 Å². The molecule has 1 aromatic heterocycles. The Kier molecular flexibility index (Phi) is 2.91. The van der Waals surface area contributed by atoms with E-state index >= 15 is 0 Å². The fourth-order valence-electron chi connectivity index (χ4n) is 2.20. The lowest BCUT2D eigenvalue weighted by Gasteiger charge is -2.29. The van der Waals surface area contributed by atoms with Gasteiger partial charge in [-0.1, -0.05) is 0 Å². The van der Waals surface area contributed by atoms with E-state index in [1.165, 1.54) is 0 Å². The van der Waals surface area contributed by atoms with Gasteiger partial charge in [0.1, 0.15) is 5.82 Å². The Morgan fingerprint density at radius 2 is 2.22 bits per heavy atom. The fraction of sp³-hybridized carbons (Fsp3) is 0.231. The molecule has 0 atom stereocenters. The lowest BCUT2D eigenvalue weighted by atomic mass is 10.2. The van der Waals surface area contributed by atoms with Crippen molar-refractivity contribution in [3.63, 3.8) is 0 Å². The van der Waals surface area contributed by atoms with Crippen LogP contribution in [0.4, 0.5) is 5.69 Å². The second-order valence-electron chi connectivity index (χ2n) is 4.28. The van der Waals surface area contributed by atoms with E-state index in [9.17, 15) is 4.79 Å². The highest BCUT2D eigenvalue weighted by Gasteiger charge is 2.17. The minimum atomic E-state index is 0.678. The summed E-state index contributed by atoms with van der Waals surface area (Å²) < 4.78 is 3.01. The highest BCUT2D eigenvalue weighted by atomic mass is 79.9. The van der Waals surface area contributed by atoms with Crippen LogP contribution in [0.1, 0.15) is 16.2 Å². The summed E-state index contributed by atoms with van der Waals surface area (Å²) in [6, 6.07) is 5.81. The van der Waals surface area contributed by atoms with Crippen LogP contribution in [-0.4, -0.2) is 22.4 Å². The van der Waals surface area contributed by atoms with Crippen molar-refractivity contribution in [2.45, 2.75) is 13.1 Å². The molecule has 18 heavy (non-hydrogen) atoms. The zero-order chi connectivity index (χ0) is 12.5. The van der Waals surface area contributed by atoms with E-state index < -0.39 is 0 Å². The van der Waals surface area contributed by atoms with Crippen LogP contribution in [0.25, 0.3) is 0 Å². The topological polar surface area (TPSA) is 38.1 Å². The molecule has 0 N–H and O–H groups in total. The number of rotatable bonds is 2. The largest absolute Gasteiger partial charge is 0.362 e. The van der Waals surface area contributed by atoms with E-state index in [0.29, 0.717) is 5.56 Å². The van der Waals surface area contributed by atoms with Gasteiger partial charge in [-0.05, 0) is 34.1 Å². The Labute approximate surface area is 113 Å². The molecule has 0 unspecified atom stereocenters.